The molecule has 0 saturated carbocycles. The van der Waals surface area contributed by atoms with Gasteiger partial charge in [-0.2, -0.15) is 0 Å². The summed E-state index contributed by atoms with van der Waals surface area (Å²) in [5.41, 5.74) is 6.97. The van der Waals surface area contributed by atoms with E-state index < -0.39 is 6.10 Å². The first-order chi connectivity index (χ1) is 16.3. The first-order valence-electron chi connectivity index (χ1n) is 13.0. The van der Waals surface area contributed by atoms with Gasteiger partial charge in [0.25, 0.3) is 5.91 Å². The van der Waals surface area contributed by atoms with E-state index in [9.17, 15) is 9.90 Å². The van der Waals surface area contributed by atoms with Crippen LogP contribution < -0.4 is 15.8 Å². The van der Waals surface area contributed by atoms with Gasteiger partial charge in [-0.25, -0.2) is 0 Å². The number of likely N-dealkylation sites (tertiary alicyclic amines) is 1. The van der Waals surface area contributed by atoms with Crippen molar-refractivity contribution in [3.8, 4) is 5.75 Å². The number of halogens is 2. The normalized spacial score (nSPS) is 18.5. The maximum atomic E-state index is 12.9. The van der Waals surface area contributed by atoms with E-state index in [-0.39, 0.29) is 42.7 Å². The first-order valence-corrected chi connectivity index (χ1v) is 13.0. The molecule has 1 fully saturated rings. The van der Waals surface area contributed by atoms with Gasteiger partial charge in [-0.05, 0) is 69.5 Å². The molecule has 210 valence electrons. The van der Waals surface area contributed by atoms with Crippen LogP contribution in [0.2, 0.25) is 0 Å². The number of methoxy groups -OCH3 is 1. The molecule has 36 heavy (non-hydrogen) atoms. The van der Waals surface area contributed by atoms with Crippen molar-refractivity contribution in [2.75, 3.05) is 40.0 Å². The smallest absolute Gasteiger partial charge is 0.255 e. The average Bonchev–Trinajstić information content (AvgIpc) is 2.82. The number of carbonyl (C=O) groups excluding carboxylic acids is 1. The minimum Gasteiger partial charge on any atom is -0.493 e. The Morgan fingerprint density at radius 1 is 1.19 bits per heavy atom. The number of piperidine rings is 1. The molecule has 1 aromatic rings. The number of hydrogen-bond donors (Lipinski definition) is 3. The molecule has 0 spiro atoms. The van der Waals surface area contributed by atoms with Crippen LogP contribution in [-0.2, 0) is 4.74 Å². The third kappa shape index (κ3) is 12.0. The van der Waals surface area contributed by atoms with E-state index in [2.05, 4.69) is 31.0 Å². The summed E-state index contributed by atoms with van der Waals surface area (Å²) in [6.45, 7) is 9.92. The van der Waals surface area contributed by atoms with Crippen molar-refractivity contribution >= 4 is 30.7 Å². The highest BCUT2D eigenvalue weighted by Crippen LogP contribution is 2.22. The molecule has 1 aliphatic rings. The van der Waals surface area contributed by atoms with Crippen molar-refractivity contribution in [2.24, 2.45) is 17.6 Å². The SMILES string of the molecule is COCCCCOc1ccccc1C(=O)NCC(CC(N)C(O)CN1CCCC[C@H]1C)C(C)C.Cl.Cl. The Kier molecular flexibility index (Phi) is 18.5. The van der Waals surface area contributed by atoms with Gasteiger partial charge in [0.15, 0.2) is 0 Å². The van der Waals surface area contributed by atoms with Gasteiger partial charge in [-0.15, -0.1) is 24.8 Å². The summed E-state index contributed by atoms with van der Waals surface area (Å²) in [7, 11) is 1.69. The molecular formula is C27H49Cl2N3O4. The second-order valence-corrected chi connectivity index (χ2v) is 10.1. The number of unbranched alkanes of at least 4 members (excludes halogenated alkanes) is 1. The standard InChI is InChI=1S/C27H47N3O4.2ClH/c1-20(2)22(17-24(28)25(31)19-30-14-8-7-11-21(30)3)18-29-27(32)23-12-5-6-13-26(23)34-16-10-9-15-33-4;;/h5-6,12-13,20-22,24-25,31H,7-11,14-19,28H2,1-4H3,(H,29,32);2*1H/t21-,22?,24?,25?;;/m1../s1. The summed E-state index contributed by atoms with van der Waals surface area (Å²) >= 11 is 0. The monoisotopic (exact) mass is 549 g/mol. The molecule has 1 aromatic carbocycles. The van der Waals surface area contributed by atoms with E-state index in [0.29, 0.717) is 56.0 Å². The first kappa shape index (κ1) is 34.9. The highest BCUT2D eigenvalue weighted by atomic mass is 35.5. The lowest BCUT2D eigenvalue weighted by Crippen LogP contribution is -2.49. The van der Waals surface area contributed by atoms with Gasteiger partial charge in [0.1, 0.15) is 5.75 Å². The molecule has 0 aromatic heterocycles. The minimum atomic E-state index is -0.565. The molecule has 7 nitrogen and oxygen atoms in total. The number of nitrogens with two attached hydrogens (primary N) is 1. The van der Waals surface area contributed by atoms with E-state index in [1.165, 1.54) is 19.3 Å². The maximum absolute atomic E-state index is 12.9. The van der Waals surface area contributed by atoms with E-state index in [1.54, 1.807) is 13.2 Å². The van der Waals surface area contributed by atoms with Crippen molar-refractivity contribution in [3.05, 3.63) is 29.8 Å². The van der Waals surface area contributed by atoms with Gasteiger partial charge in [0.2, 0.25) is 0 Å². The number of benzene rings is 1. The molecule has 0 bridgehead atoms. The number of nitrogens with zero attached hydrogens (tertiary/aromatic N) is 1. The van der Waals surface area contributed by atoms with Crippen LogP contribution in [-0.4, -0.2) is 74.1 Å². The Balaban J connectivity index is 0.00000612. The number of aliphatic hydroxyl groups excluding tert-OH is 1. The van der Waals surface area contributed by atoms with Crippen LogP contribution >= 0.6 is 24.8 Å². The predicted molar refractivity (Wildman–Crippen MR) is 152 cm³/mol. The lowest BCUT2D eigenvalue weighted by Gasteiger charge is -2.36. The lowest BCUT2D eigenvalue weighted by molar-refractivity contribution is 0.0514. The molecule has 0 aliphatic carbocycles. The fourth-order valence-corrected chi connectivity index (χ4v) is 4.53. The molecular weight excluding hydrogens is 501 g/mol. The zero-order chi connectivity index (χ0) is 24.9. The van der Waals surface area contributed by atoms with Gasteiger partial charge < -0.3 is 25.6 Å². The number of nitrogens with one attached hydrogen (secondary N) is 1. The van der Waals surface area contributed by atoms with Crippen LogP contribution in [0.15, 0.2) is 24.3 Å². The van der Waals surface area contributed by atoms with E-state index in [1.807, 2.05) is 18.2 Å². The molecule has 2 rings (SSSR count). The zero-order valence-electron chi connectivity index (χ0n) is 22.5. The van der Waals surface area contributed by atoms with Gasteiger partial charge in [0, 0.05) is 38.9 Å². The number of ether oxygens (including phenoxy) is 2. The predicted octanol–water partition coefficient (Wildman–Crippen LogP) is 4.29. The van der Waals surface area contributed by atoms with E-state index in [0.717, 1.165) is 19.4 Å². The summed E-state index contributed by atoms with van der Waals surface area (Å²) < 4.78 is 10.9. The number of rotatable bonds is 15. The minimum absolute atomic E-state index is 0. The van der Waals surface area contributed by atoms with E-state index in [4.69, 9.17) is 15.2 Å². The van der Waals surface area contributed by atoms with Gasteiger partial charge in [-0.1, -0.05) is 32.4 Å². The molecule has 1 aliphatic heterocycles. The molecule has 3 unspecified atom stereocenters. The zero-order valence-corrected chi connectivity index (χ0v) is 24.1. The topological polar surface area (TPSA) is 97.0 Å². The quantitative estimate of drug-likeness (QED) is 0.282. The third-order valence-electron chi connectivity index (χ3n) is 7.03. The molecule has 1 saturated heterocycles. The summed E-state index contributed by atoms with van der Waals surface area (Å²) in [4.78, 5) is 15.3. The number of carbonyl (C=O) groups is 1. The molecule has 9 heteroatoms. The summed E-state index contributed by atoms with van der Waals surface area (Å²) in [5.74, 6) is 0.963. The van der Waals surface area contributed by atoms with Crippen LogP contribution in [0, 0.1) is 11.8 Å². The molecule has 4 N–H and O–H groups in total. The second kappa shape index (κ2) is 19.0. The van der Waals surface area contributed by atoms with Crippen LogP contribution in [0.25, 0.3) is 0 Å². The van der Waals surface area contributed by atoms with Gasteiger partial charge >= 0.3 is 0 Å². The van der Waals surface area contributed by atoms with Crippen LogP contribution in [0.3, 0.4) is 0 Å². The van der Waals surface area contributed by atoms with Crippen LogP contribution in [0.5, 0.6) is 5.75 Å². The Labute approximate surface area is 230 Å². The number of para-hydroxylation sites is 1. The fraction of sp³-hybridized carbons (Fsp3) is 0.741. The summed E-state index contributed by atoms with van der Waals surface area (Å²) in [5, 5.41) is 13.8. The molecule has 1 amide bonds. The molecule has 0 radical (unpaired) electrons. The largest absolute Gasteiger partial charge is 0.493 e. The second-order valence-electron chi connectivity index (χ2n) is 10.1. The fourth-order valence-electron chi connectivity index (χ4n) is 4.53. The van der Waals surface area contributed by atoms with Crippen molar-refractivity contribution in [3.63, 3.8) is 0 Å². The van der Waals surface area contributed by atoms with Crippen LogP contribution in [0.1, 0.15) is 69.7 Å². The Morgan fingerprint density at radius 3 is 2.56 bits per heavy atom. The highest BCUT2D eigenvalue weighted by molar-refractivity contribution is 5.96. The number of aliphatic hydroxyl groups is 1. The summed E-state index contributed by atoms with van der Waals surface area (Å²) in [6.07, 6.45) is 5.52. The number of β-amino-alcohol motifs (C(OH)–C–C–N with tert-alkyl or cyclic N) is 1. The lowest BCUT2D eigenvalue weighted by atomic mass is 9.87. The molecule has 4 atom stereocenters. The Bertz CT molecular complexity index is 726. The summed E-state index contributed by atoms with van der Waals surface area (Å²) in [6, 6.07) is 7.53. The van der Waals surface area contributed by atoms with Crippen LogP contribution in [0.4, 0.5) is 0 Å². The van der Waals surface area contributed by atoms with Gasteiger partial charge in [-0.3, -0.25) is 9.69 Å². The third-order valence-corrected chi connectivity index (χ3v) is 7.03. The highest BCUT2D eigenvalue weighted by Gasteiger charge is 2.27. The average molecular weight is 551 g/mol. The Hall–Kier alpha value is -1.09. The number of hydrogen-bond acceptors (Lipinski definition) is 6. The van der Waals surface area contributed by atoms with Gasteiger partial charge in [0.05, 0.1) is 18.3 Å². The van der Waals surface area contributed by atoms with Crippen molar-refractivity contribution in [1.82, 2.24) is 10.2 Å². The van der Waals surface area contributed by atoms with E-state index >= 15 is 0 Å². The van der Waals surface area contributed by atoms with Crippen molar-refractivity contribution in [1.29, 1.82) is 0 Å². The maximum Gasteiger partial charge on any atom is 0.255 e. The Morgan fingerprint density at radius 2 is 1.89 bits per heavy atom. The van der Waals surface area contributed by atoms with Crippen molar-refractivity contribution in [2.45, 2.75) is 77.5 Å². The van der Waals surface area contributed by atoms with Crippen molar-refractivity contribution < 1.29 is 19.4 Å². The number of amides is 1. The molecule has 1 heterocycles.